The lowest BCUT2D eigenvalue weighted by atomic mass is 10.4. The van der Waals surface area contributed by atoms with Crippen LogP contribution in [0.15, 0.2) is 33.1 Å². The lowest BCUT2D eigenvalue weighted by Gasteiger charge is -1.86. The van der Waals surface area contributed by atoms with Crippen LogP contribution in [-0.4, -0.2) is 16.5 Å². The highest BCUT2D eigenvalue weighted by Crippen LogP contribution is 2.07. The predicted molar refractivity (Wildman–Crippen MR) is 64.0 cm³/mol. The molecule has 0 fully saturated rings. The van der Waals surface area contributed by atoms with Crippen molar-refractivity contribution in [2.75, 3.05) is 0 Å². The number of rotatable bonds is 4. The molecule has 5 nitrogen and oxygen atoms in total. The van der Waals surface area contributed by atoms with Gasteiger partial charge in [0.15, 0.2) is 12.0 Å². The van der Waals surface area contributed by atoms with Gasteiger partial charge in [0.2, 0.25) is 0 Å². The maximum atomic E-state index is 9.96. The lowest BCUT2D eigenvalue weighted by Crippen LogP contribution is -1.75. The summed E-state index contributed by atoms with van der Waals surface area (Å²) in [6.45, 7) is 1.85. The molecule has 0 spiro atoms. The Bertz CT molecular complexity index is 451. The lowest BCUT2D eigenvalue weighted by molar-refractivity contribution is 0.109. The van der Waals surface area contributed by atoms with Crippen molar-refractivity contribution in [3.05, 3.63) is 47.3 Å². The molecule has 2 heterocycles. The van der Waals surface area contributed by atoms with Gasteiger partial charge in [0, 0.05) is 6.42 Å². The van der Waals surface area contributed by atoms with E-state index >= 15 is 0 Å². The minimum atomic E-state index is -0.159. The normalized spacial score (nSPS) is 9.72. The summed E-state index contributed by atoms with van der Waals surface area (Å²) in [5.41, 5.74) is 0. The number of hydrogen-bond donors (Lipinski definition) is 2. The van der Waals surface area contributed by atoms with E-state index in [4.69, 9.17) is 19.0 Å². The highest BCUT2D eigenvalue weighted by molar-refractivity contribution is 5.70. The molecule has 2 aromatic heterocycles. The first-order chi connectivity index (χ1) is 8.73. The molecular weight excluding hydrogens is 236 g/mol. The fourth-order valence-electron chi connectivity index (χ4n) is 1.24. The highest BCUT2D eigenvalue weighted by atomic mass is 16.4. The molecule has 0 aliphatic rings. The van der Waals surface area contributed by atoms with Gasteiger partial charge in [-0.05, 0) is 24.3 Å². The molecule has 98 valence electrons. The smallest absolute Gasteiger partial charge is 0.185 e. The topological polar surface area (TPSA) is 83.8 Å². The molecule has 0 aliphatic heterocycles. The summed E-state index contributed by atoms with van der Waals surface area (Å²) >= 11 is 0. The zero-order valence-electron chi connectivity index (χ0n) is 10.1. The quantitative estimate of drug-likeness (QED) is 0.812. The SMILES string of the molecule is CCc1ccc(CO)o1.O=Cc1ccc(CO)o1. The molecule has 0 aliphatic carbocycles. The summed E-state index contributed by atoms with van der Waals surface area (Å²) in [4.78, 5) is 9.96. The zero-order valence-corrected chi connectivity index (χ0v) is 10.1. The monoisotopic (exact) mass is 252 g/mol. The summed E-state index contributed by atoms with van der Waals surface area (Å²) in [5, 5.41) is 17.0. The van der Waals surface area contributed by atoms with Crippen LogP contribution in [0.5, 0.6) is 0 Å². The van der Waals surface area contributed by atoms with E-state index < -0.39 is 0 Å². The van der Waals surface area contributed by atoms with Gasteiger partial charge in [-0.2, -0.15) is 0 Å². The van der Waals surface area contributed by atoms with Gasteiger partial charge < -0.3 is 19.0 Å². The highest BCUT2D eigenvalue weighted by Gasteiger charge is 1.96. The predicted octanol–water partition coefficient (Wildman–Crippen LogP) is 1.92. The third-order valence-electron chi connectivity index (χ3n) is 2.18. The second kappa shape index (κ2) is 7.47. The van der Waals surface area contributed by atoms with E-state index in [1.807, 2.05) is 13.0 Å². The van der Waals surface area contributed by atoms with Gasteiger partial charge in [0.05, 0.1) is 0 Å². The average molecular weight is 252 g/mol. The van der Waals surface area contributed by atoms with Gasteiger partial charge in [-0.1, -0.05) is 6.92 Å². The third-order valence-corrected chi connectivity index (χ3v) is 2.18. The van der Waals surface area contributed by atoms with Crippen molar-refractivity contribution in [2.24, 2.45) is 0 Å². The number of aldehydes is 1. The van der Waals surface area contributed by atoms with E-state index in [9.17, 15) is 4.79 Å². The molecular formula is C13H16O5. The summed E-state index contributed by atoms with van der Waals surface area (Å²) in [6.07, 6.45) is 1.49. The Morgan fingerprint density at radius 1 is 1.00 bits per heavy atom. The molecule has 2 N–H and O–H groups in total. The molecule has 0 radical (unpaired) electrons. The van der Waals surface area contributed by atoms with Crippen LogP contribution in [0, 0.1) is 0 Å². The zero-order chi connectivity index (χ0) is 13.4. The van der Waals surface area contributed by atoms with E-state index in [2.05, 4.69) is 0 Å². The first kappa shape index (κ1) is 14.2. The van der Waals surface area contributed by atoms with Crippen LogP contribution >= 0.6 is 0 Å². The first-order valence-electron chi connectivity index (χ1n) is 5.56. The van der Waals surface area contributed by atoms with Crippen LogP contribution in [0.1, 0.15) is 34.8 Å². The van der Waals surface area contributed by atoms with E-state index in [1.165, 1.54) is 6.07 Å². The van der Waals surface area contributed by atoms with Crippen LogP contribution in [0.4, 0.5) is 0 Å². The largest absolute Gasteiger partial charge is 0.464 e. The average Bonchev–Trinajstić information content (AvgIpc) is 3.07. The summed E-state index contributed by atoms with van der Waals surface area (Å²) in [6, 6.07) is 6.74. The number of carbonyl (C=O) groups excluding carboxylic acids is 1. The minimum Gasteiger partial charge on any atom is -0.464 e. The van der Waals surface area contributed by atoms with Gasteiger partial charge in [-0.3, -0.25) is 4.79 Å². The molecule has 0 saturated heterocycles. The molecule has 0 unspecified atom stereocenters. The van der Waals surface area contributed by atoms with Crippen molar-refractivity contribution in [2.45, 2.75) is 26.6 Å². The van der Waals surface area contributed by atoms with Crippen molar-refractivity contribution in [1.82, 2.24) is 0 Å². The van der Waals surface area contributed by atoms with Crippen LogP contribution in [0.25, 0.3) is 0 Å². The number of aliphatic hydroxyl groups is 2. The Balaban J connectivity index is 0.000000180. The molecule has 0 aromatic carbocycles. The number of aliphatic hydroxyl groups excluding tert-OH is 2. The summed E-state index contributed by atoms with van der Waals surface area (Å²) < 4.78 is 9.90. The van der Waals surface area contributed by atoms with Crippen molar-refractivity contribution >= 4 is 6.29 Å². The number of furan rings is 2. The molecule has 2 aromatic rings. The van der Waals surface area contributed by atoms with Crippen LogP contribution in [-0.2, 0) is 19.6 Å². The number of hydrogen-bond acceptors (Lipinski definition) is 5. The molecule has 18 heavy (non-hydrogen) atoms. The van der Waals surface area contributed by atoms with Crippen LogP contribution in [0.3, 0.4) is 0 Å². The Kier molecular flexibility index (Phi) is 5.90. The summed E-state index contributed by atoms with van der Waals surface area (Å²) in [5.74, 6) is 2.24. The fourth-order valence-corrected chi connectivity index (χ4v) is 1.24. The van der Waals surface area contributed by atoms with Crippen molar-refractivity contribution < 1.29 is 23.8 Å². The maximum absolute atomic E-state index is 9.96. The molecule has 0 amide bonds. The number of carbonyl (C=O) groups is 1. The molecule has 0 saturated carbocycles. The van der Waals surface area contributed by atoms with Gasteiger partial charge in [-0.15, -0.1) is 0 Å². The molecule has 5 heteroatoms. The summed E-state index contributed by atoms with van der Waals surface area (Å²) in [7, 11) is 0. The minimum absolute atomic E-state index is 0. The second-order valence-electron chi connectivity index (χ2n) is 3.46. The fraction of sp³-hybridized carbons (Fsp3) is 0.308. The van der Waals surface area contributed by atoms with Crippen molar-refractivity contribution in [3.63, 3.8) is 0 Å². The van der Waals surface area contributed by atoms with Crippen LogP contribution < -0.4 is 0 Å². The second-order valence-corrected chi connectivity index (χ2v) is 3.46. The Morgan fingerprint density at radius 3 is 1.89 bits per heavy atom. The molecule has 0 bridgehead atoms. The van der Waals surface area contributed by atoms with Crippen molar-refractivity contribution in [1.29, 1.82) is 0 Å². The van der Waals surface area contributed by atoms with Gasteiger partial charge in [0.1, 0.15) is 30.5 Å². The molecule has 2 rings (SSSR count). The van der Waals surface area contributed by atoms with E-state index in [1.54, 1.807) is 12.1 Å². The third kappa shape index (κ3) is 4.20. The van der Waals surface area contributed by atoms with Gasteiger partial charge in [0.25, 0.3) is 0 Å². The van der Waals surface area contributed by atoms with Crippen LogP contribution in [0.2, 0.25) is 0 Å². The Hall–Kier alpha value is -1.85. The number of aryl methyl sites for hydroxylation is 1. The first-order valence-corrected chi connectivity index (χ1v) is 5.56. The van der Waals surface area contributed by atoms with E-state index in [0.29, 0.717) is 17.8 Å². The van der Waals surface area contributed by atoms with E-state index in [0.717, 1.165) is 12.2 Å². The van der Waals surface area contributed by atoms with Gasteiger partial charge >= 0.3 is 0 Å². The maximum Gasteiger partial charge on any atom is 0.185 e. The Labute approximate surface area is 105 Å². The Morgan fingerprint density at radius 2 is 1.56 bits per heavy atom. The molecule has 0 atom stereocenters. The standard InChI is InChI=1S/C7H10O2.C6H6O3/c1-2-6-3-4-7(5-8)9-6;7-3-5-1-2-6(4-8)9-5/h3-4,8H,2,5H2,1H3;1-3,8H,4H2. The van der Waals surface area contributed by atoms with Gasteiger partial charge in [-0.25, -0.2) is 0 Å². The van der Waals surface area contributed by atoms with E-state index in [-0.39, 0.29) is 19.0 Å². The van der Waals surface area contributed by atoms with Crippen molar-refractivity contribution in [3.8, 4) is 0 Å².